The van der Waals surface area contributed by atoms with Gasteiger partial charge in [-0.25, -0.2) is 0 Å². The van der Waals surface area contributed by atoms with Crippen molar-refractivity contribution in [1.29, 1.82) is 0 Å². The summed E-state index contributed by atoms with van der Waals surface area (Å²) in [5, 5.41) is 0. The summed E-state index contributed by atoms with van der Waals surface area (Å²) in [7, 11) is 0. The third-order valence-corrected chi connectivity index (χ3v) is 3.53. The first-order valence-electron chi connectivity index (χ1n) is 7.09. The summed E-state index contributed by atoms with van der Waals surface area (Å²) in [4.78, 5) is 4.45. The Morgan fingerprint density at radius 3 is 2.14 bits per heavy atom. The number of aromatic nitrogens is 1. The second kappa shape index (κ2) is 6.19. The van der Waals surface area contributed by atoms with Crippen LogP contribution in [-0.4, -0.2) is 4.98 Å². The summed E-state index contributed by atoms with van der Waals surface area (Å²) >= 11 is 0. The largest absolute Gasteiger partial charge is 0.256 e. The fourth-order valence-electron chi connectivity index (χ4n) is 2.35. The van der Waals surface area contributed by atoms with Crippen LogP contribution in [0.2, 0.25) is 0 Å². The average Bonchev–Trinajstić information content (AvgIpc) is 2.55. The third-order valence-electron chi connectivity index (χ3n) is 3.53. The zero-order valence-corrected chi connectivity index (χ0v) is 12.0. The van der Waals surface area contributed by atoms with Crippen LogP contribution in [0.25, 0.3) is 23.4 Å². The highest BCUT2D eigenvalue weighted by Gasteiger charge is 2.02. The van der Waals surface area contributed by atoms with E-state index < -0.39 is 0 Å². The lowest BCUT2D eigenvalue weighted by atomic mass is 10.0. The highest BCUT2D eigenvalue weighted by Crippen LogP contribution is 2.23. The van der Waals surface area contributed by atoms with Gasteiger partial charge < -0.3 is 0 Å². The Balaban J connectivity index is 1.99. The van der Waals surface area contributed by atoms with Crippen molar-refractivity contribution in [3.8, 4) is 11.3 Å². The van der Waals surface area contributed by atoms with E-state index in [0.29, 0.717) is 0 Å². The van der Waals surface area contributed by atoms with Gasteiger partial charge in [0.05, 0.1) is 5.69 Å². The Hall–Kier alpha value is -2.67. The molecule has 21 heavy (non-hydrogen) atoms. The van der Waals surface area contributed by atoms with Crippen LogP contribution in [0.4, 0.5) is 0 Å². The predicted molar refractivity (Wildman–Crippen MR) is 89.8 cm³/mol. The number of benzene rings is 2. The lowest BCUT2D eigenvalue weighted by Crippen LogP contribution is -1.86. The summed E-state index contributed by atoms with van der Waals surface area (Å²) in [6, 6.07) is 22.7. The second-order valence-electron chi connectivity index (χ2n) is 4.99. The van der Waals surface area contributed by atoms with Crippen LogP contribution in [0.5, 0.6) is 0 Å². The van der Waals surface area contributed by atoms with Gasteiger partial charge in [0.1, 0.15) is 0 Å². The van der Waals surface area contributed by atoms with Crippen LogP contribution in [0.1, 0.15) is 16.7 Å². The maximum atomic E-state index is 4.45. The molecule has 102 valence electrons. The highest BCUT2D eigenvalue weighted by molar-refractivity contribution is 5.80. The second-order valence-corrected chi connectivity index (χ2v) is 4.99. The van der Waals surface area contributed by atoms with Gasteiger partial charge in [0.2, 0.25) is 0 Å². The van der Waals surface area contributed by atoms with Crippen LogP contribution >= 0.6 is 0 Å². The maximum Gasteiger partial charge on any atom is 0.0707 e. The Bertz CT molecular complexity index is 758. The van der Waals surface area contributed by atoms with E-state index >= 15 is 0 Å². The fourth-order valence-corrected chi connectivity index (χ4v) is 2.35. The Morgan fingerprint density at radius 1 is 0.714 bits per heavy atom. The van der Waals surface area contributed by atoms with E-state index in [1.54, 1.807) is 0 Å². The van der Waals surface area contributed by atoms with E-state index in [-0.39, 0.29) is 0 Å². The van der Waals surface area contributed by atoms with Crippen molar-refractivity contribution in [1.82, 2.24) is 4.98 Å². The molecule has 0 aliphatic heterocycles. The van der Waals surface area contributed by atoms with Crippen LogP contribution in [0.3, 0.4) is 0 Å². The Labute approximate surface area is 125 Å². The van der Waals surface area contributed by atoms with Gasteiger partial charge in [0, 0.05) is 11.8 Å². The average molecular weight is 271 g/mol. The number of aryl methyl sites for hydroxylation is 1. The normalized spacial score (nSPS) is 10.9. The summed E-state index contributed by atoms with van der Waals surface area (Å²) in [5.41, 5.74) is 5.86. The van der Waals surface area contributed by atoms with Crippen molar-refractivity contribution in [3.05, 3.63) is 89.6 Å². The molecule has 0 unspecified atom stereocenters. The quantitative estimate of drug-likeness (QED) is 0.594. The van der Waals surface area contributed by atoms with E-state index in [9.17, 15) is 0 Å². The van der Waals surface area contributed by atoms with E-state index in [4.69, 9.17) is 0 Å². The van der Waals surface area contributed by atoms with E-state index in [1.165, 1.54) is 16.7 Å². The molecule has 3 rings (SSSR count). The molecule has 1 nitrogen and oxygen atoms in total. The summed E-state index contributed by atoms with van der Waals surface area (Å²) < 4.78 is 0. The molecule has 0 aliphatic carbocycles. The number of hydrogen-bond donors (Lipinski definition) is 0. The first-order valence-corrected chi connectivity index (χ1v) is 7.09. The molecule has 1 heterocycles. The van der Waals surface area contributed by atoms with Crippen molar-refractivity contribution in [3.63, 3.8) is 0 Å². The lowest BCUT2D eigenvalue weighted by molar-refractivity contribution is 1.32. The van der Waals surface area contributed by atoms with Crippen molar-refractivity contribution in [2.45, 2.75) is 6.92 Å². The molecule has 2 aromatic carbocycles. The monoisotopic (exact) mass is 271 g/mol. The molecule has 0 saturated heterocycles. The molecule has 0 aliphatic rings. The molecule has 0 fully saturated rings. The minimum absolute atomic E-state index is 1.00. The van der Waals surface area contributed by atoms with Gasteiger partial charge in [0.25, 0.3) is 0 Å². The molecular formula is C20H17N. The van der Waals surface area contributed by atoms with E-state index in [2.05, 4.69) is 72.6 Å². The maximum absolute atomic E-state index is 4.45. The van der Waals surface area contributed by atoms with Crippen LogP contribution in [0.15, 0.2) is 72.9 Å². The summed E-state index contributed by atoms with van der Waals surface area (Å²) in [5.74, 6) is 0. The van der Waals surface area contributed by atoms with Gasteiger partial charge in [-0.15, -0.1) is 0 Å². The van der Waals surface area contributed by atoms with Gasteiger partial charge in [-0.05, 0) is 35.7 Å². The number of rotatable bonds is 3. The molecule has 0 saturated carbocycles. The van der Waals surface area contributed by atoms with Gasteiger partial charge in [-0.2, -0.15) is 0 Å². The molecule has 1 heteroatoms. The van der Waals surface area contributed by atoms with Crippen LogP contribution < -0.4 is 0 Å². The molecule has 0 amide bonds. The standard InChI is InChI=1S/C20H17N/c1-16-8-2-3-9-17(16)13-14-18-10-4-5-11-19(18)20-12-6-7-15-21-20/h2-15H,1H3/b14-13+. The lowest BCUT2D eigenvalue weighted by Gasteiger charge is -2.05. The van der Waals surface area contributed by atoms with E-state index in [1.807, 2.05) is 24.4 Å². The first-order chi connectivity index (χ1) is 10.3. The number of hydrogen-bond acceptors (Lipinski definition) is 1. The zero-order valence-electron chi connectivity index (χ0n) is 12.0. The van der Waals surface area contributed by atoms with Gasteiger partial charge >= 0.3 is 0 Å². The smallest absolute Gasteiger partial charge is 0.0707 e. The first kappa shape index (κ1) is 13.3. The zero-order chi connectivity index (χ0) is 14.5. The summed E-state index contributed by atoms with van der Waals surface area (Å²) in [6.07, 6.45) is 6.15. The molecule has 3 aromatic rings. The number of pyridine rings is 1. The van der Waals surface area contributed by atoms with Gasteiger partial charge in [-0.3, -0.25) is 4.98 Å². The molecule has 0 bridgehead atoms. The van der Waals surface area contributed by atoms with Crippen molar-refractivity contribution >= 4 is 12.2 Å². The van der Waals surface area contributed by atoms with Crippen LogP contribution in [-0.2, 0) is 0 Å². The molecule has 0 atom stereocenters. The fraction of sp³-hybridized carbons (Fsp3) is 0.0500. The molecular weight excluding hydrogens is 254 g/mol. The molecule has 0 radical (unpaired) electrons. The van der Waals surface area contributed by atoms with Crippen molar-refractivity contribution < 1.29 is 0 Å². The van der Waals surface area contributed by atoms with Crippen molar-refractivity contribution in [2.75, 3.05) is 0 Å². The van der Waals surface area contributed by atoms with Crippen LogP contribution in [0, 0.1) is 6.92 Å². The van der Waals surface area contributed by atoms with Crippen molar-refractivity contribution in [2.24, 2.45) is 0 Å². The van der Waals surface area contributed by atoms with Gasteiger partial charge in [-0.1, -0.05) is 66.7 Å². The molecule has 0 spiro atoms. The molecule has 1 aromatic heterocycles. The summed E-state index contributed by atoms with van der Waals surface area (Å²) in [6.45, 7) is 2.13. The third kappa shape index (κ3) is 3.09. The Kier molecular flexibility index (Phi) is 3.92. The van der Waals surface area contributed by atoms with E-state index in [0.717, 1.165) is 11.3 Å². The number of nitrogens with zero attached hydrogens (tertiary/aromatic N) is 1. The minimum atomic E-state index is 1.00. The SMILES string of the molecule is Cc1ccccc1/C=C/c1ccccc1-c1ccccn1. The highest BCUT2D eigenvalue weighted by atomic mass is 14.7. The predicted octanol–water partition coefficient (Wildman–Crippen LogP) is 5.23. The Morgan fingerprint density at radius 2 is 1.38 bits per heavy atom. The van der Waals surface area contributed by atoms with Gasteiger partial charge in [0.15, 0.2) is 0 Å². The topological polar surface area (TPSA) is 12.9 Å². The molecule has 0 N–H and O–H groups in total. The minimum Gasteiger partial charge on any atom is -0.256 e.